The van der Waals surface area contributed by atoms with E-state index in [1.165, 1.54) is 0 Å². The maximum Gasteiger partial charge on any atom is 0.237 e. The highest BCUT2D eigenvalue weighted by Crippen LogP contribution is 2.46. The second-order valence-electron chi connectivity index (χ2n) is 8.24. The lowest BCUT2D eigenvalue weighted by Crippen LogP contribution is -2.43. The number of hydrogen-bond donors (Lipinski definition) is 1. The summed E-state index contributed by atoms with van der Waals surface area (Å²) in [6, 6.07) is 18.0. The minimum atomic E-state index is -0.725. The number of anilines is 1. The molecule has 0 radical (unpaired) electrons. The van der Waals surface area contributed by atoms with Gasteiger partial charge >= 0.3 is 0 Å². The maximum absolute atomic E-state index is 13.5. The molecular weight excluding hydrogens is 364 g/mol. The van der Waals surface area contributed by atoms with Crippen LogP contribution in [0.4, 0.5) is 5.69 Å². The summed E-state index contributed by atoms with van der Waals surface area (Å²) >= 11 is 0. The zero-order valence-electron chi connectivity index (χ0n) is 16.9. The quantitative estimate of drug-likeness (QED) is 0.851. The van der Waals surface area contributed by atoms with Gasteiger partial charge in [0, 0.05) is 32.2 Å². The number of likely N-dealkylation sites (tertiary alicyclic amines) is 1. The normalized spacial score (nSPS) is 22.1. The molecule has 0 aliphatic carbocycles. The molecule has 4 rings (SSSR count). The summed E-state index contributed by atoms with van der Waals surface area (Å²) < 4.78 is 0. The number of para-hydroxylation sites is 1. The average Bonchev–Trinajstić information content (AvgIpc) is 2.96. The van der Waals surface area contributed by atoms with Gasteiger partial charge in [0.15, 0.2) is 0 Å². The average molecular weight is 392 g/mol. The summed E-state index contributed by atoms with van der Waals surface area (Å²) in [5.41, 5.74) is 2.32. The summed E-state index contributed by atoms with van der Waals surface area (Å²) in [5.74, 6) is 0.133. The molecule has 2 aromatic carbocycles. The fourth-order valence-corrected chi connectivity index (χ4v) is 4.76. The van der Waals surface area contributed by atoms with Gasteiger partial charge in [-0.25, -0.2) is 0 Å². The first kappa shape index (κ1) is 19.6. The molecule has 0 spiro atoms. The van der Waals surface area contributed by atoms with E-state index >= 15 is 0 Å². The van der Waals surface area contributed by atoms with Crippen LogP contribution in [0.2, 0.25) is 0 Å². The Morgan fingerprint density at radius 3 is 2.45 bits per heavy atom. The number of rotatable bonds is 5. The van der Waals surface area contributed by atoms with Crippen molar-refractivity contribution >= 4 is 17.5 Å². The Balaban J connectivity index is 1.61. The van der Waals surface area contributed by atoms with Gasteiger partial charge in [-0.2, -0.15) is 0 Å². The van der Waals surface area contributed by atoms with Gasteiger partial charge in [-0.1, -0.05) is 48.5 Å². The Bertz CT molecular complexity index is 890. The third kappa shape index (κ3) is 3.67. The summed E-state index contributed by atoms with van der Waals surface area (Å²) in [7, 11) is 1.82. The monoisotopic (exact) mass is 392 g/mol. The molecule has 1 saturated heterocycles. The molecule has 2 heterocycles. The summed E-state index contributed by atoms with van der Waals surface area (Å²) in [6.07, 6.45) is 2.36. The molecule has 29 heavy (non-hydrogen) atoms. The number of likely N-dealkylation sites (N-methyl/N-ethyl adjacent to an activating group) is 1. The number of aliphatic hydroxyl groups is 1. The number of fused-ring (bicyclic) bond motifs is 1. The van der Waals surface area contributed by atoms with Crippen molar-refractivity contribution in [3.05, 3.63) is 65.7 Å². The van der Waals surface area contributed by atoms with Crippen molar-refractivity contribution in [1.29, 1.82) is 0 Å². The number of hydrogen-bond acceptors (Lipinski definition) is 3. The van der Waals surface area contributed by atoms with Gasteiger partial charge in [-0.15, -0.1) is 0 Å². The van der Waals surface area contributed by atoms with Crippen molar-refractivity contribution in [3.8, 4) is 0 Å². The second-order valence-corrected chi connectivity index (χ2v) is 8.24. The SMILES string of the molecule is CN1C(=O)C(CCC(=O)N2CCC(O)CC2)(Cc2ccccc2)c2ccccc21. The van der Waals surface area contributed by atoms with E-state index < -0.39 is 5.41 Å². The van der Waals surface area contributed by atoms with Crippen molar-refractivity contribution < 1.29 is 14.7 Å². The zero-order chi connectivity index (χ0) is 20.4. The van der Waals surface area contributed by atoms with Crippen molar-refractivity contribution in [2.45, 2.75) is 43.6 Å². The standard InChI is InChI=1S/C24H28N2O3/c1-25-21-10-6-5-9-20(21)24(23(25)29,17-18-7-3-2-4-8-18)14-11-22(28)26-15-12-19(27)13-16-26/h2-10,19,27H,11-17H2,1H3. The topological polar surface area (TPSA) is 60.9 Å². The Labute approximate surface area is 171 Å². The van der Waals surface area contributed by atoms with Crippen LogP contribution >= 0.6 is 0 Å². The van der Waals surface area contributed by atoms with Gasteiger partial charge in [0.05, 0.1) is 11.5 Å². The van der Waals surface area contributed by atoms with Gasteiger partial charge in [0.2, 0.25) is 11.8 Å². The van der Waals surface area contributed by atoms with E-state index in [-0.39, 0.29) is 17.9 Å². The van der Waals surface area contributed by atoms with E-state index in [0.29, 0.717) is 45.2 Å². The Hall–Kier alpha value is -2.66. The molecule has 1 fully saturated rings. The van der Waals surface area contributed by atoms with E-state index in [1.54, 1.807) is 4.90 Å². The predicted octanol–water partition coefficient (Wildman–Crippen LogP) is 2.91. The number of piperidine rings is 1. The van der Waals surface area contributed by atoms with Crippen LogP contribution in [-0.2, 0) is 21.4 Å². The highest BCUT2D eigenvalue weighted by Gasteiger charge is 2.49. The third-order valence-corrected chi connectivity index (χ3v) is 6.43. The summed E-state index contributed by atoms with van der Waals surface area (Å²) in [5, 5.41) is 9.70. The van der Waals surface area contributed by atoms with Crippen LogP contribution in [0.5, 0.6) is 0 Å². The molecule has 1 N–H and O–H groups in total. The number of carbonyl (C=O) groups is 2. The molecule has 2 amide bonds. The molecule has 1 unspecified atom stereocenters. The van der Waals surface area contributed by atoms with Crippen LogP contribution in [0, 0.1) is 0 Å². The summed E-state index contributed by atoms with van der Waals surface area (Å²) in [4.78, 5) is 29.9. The largest absolute Gasteiger partial charge is 0.393 e. The van der Waals surface area contributed by atoms with E-state index in [4.69, 9.17) is 0 Å². The molecule has 0 saturated carbocycles. The van der Waals surface area contributed by atoms with Crippen LogP contribution in [-0.4, -0.2) is 48.1 Å². The van der Waals surface area contributed by atoms with Crippen LogP contribution in [0.1, 0.15) is 36.8 Å². The Kier molecular flexibility index (Phi) is 5.41. The molecule has 2 aliphatic rings. The minimum Gasteiger partial charge on any atom is -0.393 e. The zero-order valence-corrected chi connectivity index (χ0v) is 16.9. The molecule has 2 aliphatic heterocycles. The third-order valence-electron chi connectivity index (χ3n) is 6.43. The number of carbonyl (C=O) groups excluding carboxylic acids is 2. The van der Waals surface area contributed by atoms with Gasteiger partial charge in [0.25, 0.3) is 0 Å². The summed E-state index contributed by atoms with van der Waals surface area (Å²) in [6.45, 7) is 1.19. The number of aliphatic hydroxyl groups excluding tert-OH is 1. The smallest absolute Gasteiger partial charge is 0.237 e. The molecule has 5 nitrogen and oxygen atoms in total. The van der Waals surface area contributed by atoms with E-state index in [2.05, 4.69) is 0 Å². The molecule has 5 heteroatoms. The first-order chi connectivity index (χ1) is 14.0. The first-order valence-electron chi connectivity index (χ1n) is 10.4. The first-order valence-corrected chi connectivity index (χ1v) is 10.4. The highest BCUT2D eigenvalue weighted by molar-refractivity contribution is 6.08. The fraction of sp³-hybridized carbons (Fsp3) is 0.417. The molecule has 152 valence electrons. The van der Waals surface area contributed by atoms with Gasteiger partial charge in [-0.3, -0.25) is 9.59 Å². The van der Waals surface area contributed by atoms with Gasteiger partial charge < -0.3 is 14.9 Å². The maximum atomic E-state index is 13.5. The molecule has 0 aromatic heterocycles. The van der Waals surface area contributed by atoms with Crippen molar-refractivity contribution in [1.82, 2.24) is 4.90 Å². The fourth-order valence-electron chi connectivity index (χ4n) is 4.76. The Morgan fingerprint density at radius 1 is 1.07 bits per heavy atom. The molecule has 2 aromatic rings. The molecule has 1 atom stereocenters. The van der Waals surface area contributed by atoms with Gasteiger partial charge in [0.1, 0.15) is 0 Å². The lowest BCUT2D eigenvalue weighted by atomic mass is 9.73. The molecule has 0 bridgehead atoms. The Morgan fingerprint density at radius 2 is 1.72 bits per heavy atom. The van der Waals surface area contributed by atoms with Crippen LogP contribution in [0.15, 0.2) is 54.6 Å². The van der Waals surface area contributed by atoms with E-state index in [0.717, 1.165) is 16.8 Å². The minimum absolute atomic E-state index is 0.0596. The van der Waals surface area contributed by atoms with Crippen LogP contribution in [0.3, 0.4) is 0 Å². The number of benzene rings is 2. The van der Waals surface area contributed by atoms with Crippen molar-refractivity contribution in [3.63, 3.8) is 0 Å². The van der Waals surface area contributed by atoms with E-state index in [1.807, 2.05) is 66.5 Å². The molecular formula is C24H28N2O3. The number of amides is 2. The van der Waals surface area contributed by atoms with Crippen molar-refractivity contribution in [2.24, 2.45) is 0 Å². The lowest BCUT2D eigenvalue weighted by molar-refractivity contribution is -0.134. The van der Waals surface area contributed by atoms with Crippen molar-refractivity contribution in [2.75, 3.05) is 25.0 Å². The number of nitrogens with zero attached hydrogens (tertiary/aromatic N) is 2. The predicted molar refractivity (Wildman–Crippen MR) is 113 cm³/mol. The second kappa shape index (κ2) is 7.99. The van der Waals surface area contributed by atoms with Crippen LogP contribution in [0.25, 0.3) is 0 Å². The lowest BCUT2D eigenvalue weighted by Gasteiger charge is -2.32. The van der Waals surface area contributed by atoms with Crippen LogP contribution < -0.4 is 4.90 Å². The van der Waals surface area contributed by atoms with Gasteiger partial charge in [-0.05, 0) is 42.9 Å². The highest BCUT2D eigenvalue weighted by atomic mass is 16.3. The van der Waals surface area contributed by atoms with E-state index in [9.17, 15) is 14.7 Å².